The average Bonchev–Trinajstić information content (AvgIpc) is 2.81. The maximum absolute atomic E-state index is 12.2. The van der Waals surface area contributed by atoms with Crippen LogP contribution in [0.1, 0.15) is 21.5 Å². The molecule has 0 aromatic heterocycles. The van der Waals surface area contributed by atoms with Gasteiger partial charge in [0.25, 0.3) is 0 Å². The van der Waals surface area contributed by atoms with Gasteiger partial charge in [0.2, 0.25) is 0 Å². The van der Waals surface area contributed by atoms with E-state index < -0.39 is 24.7 Å². The Morgan fingerprint density at radius 2 is 1.54 bits per heavy atom. The summed E-state index contributed by atoms with van der Waals surface area (Å²) in [4.78, 5) is 24.2. The fraction of sp³-hybridized carbons (Fsp3) is 0.120. The second-order valence-corrected chi connectivity index (χ2v) is 7.29. The van der Waals surface area contributed by atoms with Gasteiger partial charge in [0.1, 0.15) is 18.1 Å². The van der Waals surface area contributed by atoms with Crippen molar-refractivity contribution in [1.29, 1.82) is 0 Å². The lowest BCUT2D eigenvalue weighted by Crippen LogP contribution is -2.19. The van der Waals surface area contributed by atoms with Crippen LogP contribution in [-0.4, -0.2) is 24.7 Å². The van der Waals surface area contributed by atoms with Gasteiger partial charge in [-0.3, -0.25) is 0 Å². The first-order valence-electron chi connectivity index (χ1n) is 10.2. The van der Waals surface area contributed by atoms with Crippen molar-refractivity contribution in [3.63, 3.8) is 0 Å². The highest BCUT2D eigenvalue weighted by molar-refractivity contribution is 5.91. The summed E-state index contributed by atoms with van der Waals surface area (Å²) in [5.41, 5.74) is 13.8. The van der Waals surface area contributed by atoms with Crippen molar-refractivity contribution in [1.82, 2.24) is 0 Å². The monoisotopic (exact) mass is 486 g/mol. The Labute approximate surface area is 198 Å². The number of hydrogen-bond acceptors (Lipinski definition) is 7. The van der Waals surface area contributed by atoms with Gasteiger partial charge in [-0.25, -0.2) is 9.59 Å². The van der Waals surface area contributed by atoms with E-state index in [-0.39, 0.29) is 23.7 Å². The van der Waals surface area contributed by atoms with Crippen molar-refractivity contribution in [3.05, 3.63) is 89.5 Å². The van der Waals surface area contributed by atoms with E-state index in [9.17, 15) is 22.8 Å². The van der Waals surface area contributed by atoms with Gasteiger partial charge in [0.05, 0.1) is 5.56 Å². The largest absolute Gasteiger partial charge is 0.484 e. The van der Waals surface area contributed by atoms with Crippen LogP contribution in [0, 0.1) is 0 Å². The van der Waals surface area contributed by atoms with Crippen LogP contribution in [0.25, 0.3) is 6.08 Å². The third-order valence-electron chi connectivity index (χ3n) is 4.53. The maximum atomic E-state index is 12.2. The third-order valence-corrected chi connectivity index (χ3v) is 4.53. The standard InChI is InChI=1S/C25H21F3N2O5/c26-25(27,28)15-34-20-10-5-17(6-11-20)24(32)35-21-8-1-16(2-9-21)3-12-23(31)33-14-18-4-7-19(29)13-22(18)30/h1-13H,14-15,29-30H2/b12-3+. The lowest BCUT2D eigenvalue weighted by molar-refractivity contribution is -0.153. The number of carbonyl (C=O) groups is 2. The maximum Gasteiger partial charge on any atom is 0.422 e. The molecule has 0 spiro atoms. The summed E-state index contributed by atoms with van der Waals surface area (Å²) < 4.78 is 51.6. The number of benzene rings is 3. The number of anilines is 2. The van der Waals surface area contributed by atoms with Crippen LogP contribution in [0.4, 0.5) is 24.5 Å². The van der Waals surface area contributed by atoms with E-state index in [4.69, 9.17) is 20.9 Å². The molecular formula is C25H21F3N2O5. The topological polar surface area (TPSA) is 114 Å². The van der Waals surface area contributed by atoms with E-state index >= 15 is 0 Å². The van der Waals surface area contributed by atoms with Crippen molar-refractivity contribution >= 4 is 29.4 Å². The first-order valence-corrected chi connectivity index (χ1v) is 10.2. The third kappa shape index (κ3) is 8.11. The zero-order valence-electron chi connectivity index (χ0n) is 18.2. The van der Waals surface area contributed by atoms with Crippen LogP contribution in [0.2, 0.25) is 0 Å². The summed E-state index contributed by atoms with van der Waals surface area (Å²) in [7, 11) is 0. The quantitative estimate of drug-likeness (QED) is 0.204. The molecular weight excluding hydrogens is 465 g/mol. The Morgan fingerprint density at radius 3 is 2.17 bits per heavy atom. The first kappa shape index (κ1) is 25.2. The first-order chi connectivity index (χ1) is 16.6. The van der Waals surface area contributed by atoms with Crippen LogP contribution in [0.5, 0.6) is 11.5 Å². The molecule has 0 amide bonds. The molecule has 0 atom stereocenters. The highest BCUT2D eigenvalue weighted by atomic mass is 19.4. The number of nitrogens with two attached hydrogens (primary N) is 2. The Balaban J connectivity index is 1.49. The van der Waals surface area contributed by atoms with Crippen LogP contribution < -0.4 is 20.9 Å². The molecule has 10 heteroatoms. The Morgan fingerprint density at radius 1 is 0.886 bits per heavy atom. The minimum absolute atomic E-state index is 0.000387. The molecule has 7 nitrogen and oxygen atoms in total. The molecule has 3 aromatic rings. The summed E-state index contributed by atoms with van der Waals surface area (Å²) >= 11 is 0. The molecule has 3 aromatic carbocycles. The second kappa shape index (κ2) is 11.1. The van der Waals surface area contributed by atoms with E-state index in [1.165, 1.54) is 48.6 Å². The number of hydrogen-bond donors (Lipinski definition) is 2. The molecule has 0 bridgehead atoms. The van der Waals surface area contributed by atoms with Gasteiger partial charge in [-0.05, 0) is 60.2 Å². The number of halogens is 3. The summed E-state index contributed by atoms with van der Waals surface area (Å²) in [5, 5.41) is 0. The Bertz CT molecular complexity index is 1210. The van der Waals surface area contributed by atoms with Gasteiger partial charge >= 0.3 is 18.1 Å². The van der Waals surface area contributed by atoms with Crippen molar-refractivity contribution < 1.29 is 37.0 Å². The fourth-order valence-electron chi connectivity index (χ4n) is 2.77. The van der Waals surface area contributed by atoms with Gasteiger partial charge in [0, 0.05) is 23.0 Å². The molecule has 0 saturated carbocycles. The summed E-state index contributed by atoms with van der Waals surface area (Å²) in [5.74, 6) is -1.04. The van der Waals surface area contributed by atoms with E-state index in [0.717, 1.165) is 0 Å². The predicted octanol–water partition coefficient (Wildman–Crippen LogP) is 4.77. The van der Waals surface area contributed by atoms with Crippen LogP contribution in [-0.2, 0) is 16.1 Å². The molecule has 0 unspecified atom stereocenters. The number of alkyl halides is 3. The number of rotatable bonds is 8. The van der Waals surface area contributed by atoms with E-state index in [1.807, 2.05) is 0 Å². The number of carbonyl (C=O) groups excluding carboxylic acids is 2. The van der Waals surface area contributed by atoms with Crippen molar-refractivity contribution in [2.24, 2.45) is 0 Å². The number of nitrogen functional groups attached to an aromatic ring is 2. The lowest BCUT2D eigenvalue weighted by atomic mass is 10.2. The average molecular weight is 486 g/mol. The predicted molar refractivity (Wildman–Crippen MR) is 123 cm³/mol. The Hall–Kier alpha value is -4.47. The minimum atomic E-state index is -4.45. The van der Waals surface area contributed by atoms with Gasteiger partial charge in [-0.1, -0.05) is 18.2 Å². The Kier molecular flexibility index (Phi) is 7.98. The smallest absolute Gasteiger partial charge is 0.422 e. The van der Waals surface area contributed by atoms with Crippen molar-refractivity contribution in [2.45, 2.75) is 12.8 Å². The molecule has 0 saturated heterocycles. The van der Waals surface area contributed by atoms with Gasteiger partial charge in [0.15, 0.2) is 6.61 Å². The zero-order valence-corrected chi connectivity index (χ0v) is 18.2. The van der Waals surface area contributed by atoms with Crippen molar-refractivity contribution in [3.8, 4) is 11.5 Å². The second-order valence-electron chi connectivity index (χ2n) is 7.29. The van der Waals surface area contributed by atoms with E-state index in [0.29, 0.717) is 22.5 Å². The molecule has 0 fully saturated rings. The number of esters is 2. The van der Waals surface area contributed by atoms with Gasteiger partial charge in [-0.15, -0.1) is 0 Å². The molecule has 182 valence electrons. The van der Waals surface area contributed by atoms with Gasteiger partial charge < -0.3 is 25.7 Å². The zero-order chi connectivity index (χ0) is 25.4. The molecule has 0 aliphatic heterocycles. The molecule has 4 N–H and O–H groups in total. The fourth-order valence-corrected chi connectivity index (χ4v) is 2.77. The van der Waals surface area contributed by atoms with E-state index in [2.05, 4.69) is 4.74 Å². The highest BCUT2D eigenvalue weighted by Gasteiger charge is 2.28. The normalized spacial score (nSPS) is 11.3. The summed E-state index contributed by atoms with van der Waals surface area (Å²) in [6.45, 7) is -1.42. The SMILES string of the molecule is Nc1ccc(COC(=O)/C=C/c2ccc(OC(=O)c3ccc(OCC(F)(F)F)cc3)cc2)c(N)c1. The molecule has 0 aliphatic rings. The summed E-state index contributed by atoms with van der Waals surface area (Å²) in [6, 6.07) is 16.3. The lowest BCUT2D eigenvalue weighted by Gasteiger charge is -2.09. The van der Waals surface area contributed by atoms with Crippen LogP contribution in [0.3, 0.4) is 0 Å². The highest BCUT2D eigenvalue weighted by Crippen LogP contribution is 2.21. The molecule has 3 rings (SSSR count). The van der Waals surface area contributed by atoms with Crippen LogP contribution >= 0.6 is 0 Å². The molecule has 35 heavy (non-hydrogen) atoms. The number of ether oxygens (including phenoxy) is 3. The molecule has 0 radical (unpaired) electrons. The van der Waals surface area contributed by atoms with Gasteiger partial charge in [-0.2, -0.15) is 13.2 Å². The molecule has 0 heterocycles. The molecule has 0 aliphatic carbocycles. The van der Waals surface area contributed by atoms with E-state index in [1.54, 1.807) is 30.3 Å². The summed E-state index contributed by atoms with van der Waals surface area (Å²) in [6.07, 6.45) is -1.68. The van der Waals surface area contributed by atoms with Crippen LogP contribution in [0.15, 0.2) is 72.8 Å². The minimum Gasteiger partial charge on any atom is -0.484 e. The van der Waals surface area contributed by atoms with Crippen molar-refractivity contribution in [2.75, 3.05) is 18.1 Å².